The Labute approximate surface area is 120 Å². The summed E-state index contributed by atoms with van der Waals surface area (Å²) >= 11 is 0. The summed E-state index contributed by atoms with van der Waals surface area (Å²) in [4.78, 5) is 22.8. The Morgan fingerprint density at radius 3 is 2.30 bits per heavy atom. The highest BCUT2D eigenvalue weighted by Gasteiger charge is 2.08. The van der Waals surface area contributed by atoms with Gasteiger partial charge < -0.3 is 9.47 Å². The van der Waals surface area contributed by atoms with Gasteiger partial charge in [-0.05, 0) is 43.9 Å². The van der Waals surface area contributed by atoms with Crippen molar-refractivity contribution in [3.63, 3.8) is 0 Å². The SMILES string of the molecule is CCOC(=O)CCc1ccc(CC(=O)OCC)c(C)c1. The summed E-state index contributed by atoms with van der Waals surface area (Å²) in [5, 5.41) is 0. The summed E-state index contributed by atoms with van der Waals surface area (Å²) in [6.45, 7) is 6.36. The predicted octanol–water partition coefficient (Wildman–Crippen LogP) is 2.60. The molecule has 0 heterocycles. The summed E-state index contributed by atoms with van der Waals surface area (Å²) in [6.07, 6.45) is 1.32. The topological polar surface area (TPSA) is 52.6 Å². The average Bonchev–Trinajstić information content (AvgIpc) is 2.40. The first-order chi connectivity index (χ1) is 9.56. The molecule has 110 valence electrons. The molecule has 0 saturated heterocycles. The van der Waals surface area contributed by atoms with E-state index in [4.69, 9.17) is 9.47 Å². The lowest BCUT2D eigenvalue weighted by Gasteiger charge is -2.08. The standard InChI is InChI=1S/C16H22O4/c1-4-19-15(17)9-7-13-6-8-14(12(3)10-13)11-16(18)20-5-2/h6,8,10H,4-5,7,9,11H2,1-3H3. The van der Waals surface area contributed by atoms with Crippen molar-refractivity contribution in [3.05, 3.63) is 34.9 Å². The normalized spacial score (nSPS) is 10.2. The van der Waals surface area contributed by atoms with Crippen LogP contribution in [0.4, 0.5) is 0 Å². The highest BCUT2D eigenvalue weighted by Crippen LogP contribution is 2.14. The van der Waals surface area contributed by atoms with Gasteiger partial charge in [-0.1, -0.05) is 18.2 Å². The molecule has 0 fully saturated rings. The molecule has 0 aliphatic carbocycles. The van der Waals surface area contributed by atoms with E-state index in [9.17, 15) is 9.59 Å². The molecular weight excluding hydrogens is 256 g/mol. The van der Waals surface area contributed by atoms with Crippen molar-refractivity contribution in [1.29, 1.82) is 0 Å². The number of benzene rings is 1. The van der Waals surface area contributed by atoms with Gasteiger partial charge in [-0.2, -0.15) is 0 Å². The van der Waals surface area contributed by atoms with Crippen LogP contribution in [0.2, 0.25) is 0 Å². The lowest BCUT2D eigenvalue weighted by Crippen LogP contribution is -2.09. The van der Waals surface area contributed by atoms with Crippen molar-refractivity contribution >= 4 is 11.9 Å². The van der Waals surface area contributed by atoms with Crippen molar-refractivity contribution in [3.8, 4) is 0 Å². The highest BCUT2D eigenvalue weighted by atomic mass is 16.5. The Hall–Kier alpha value is -1.84. The lowest BCUT2D eigenvalue weighted by molar-refractivity contribution is -0.143. The molecule has 0 spiro atoms. The number of rotatable bonds is 7. The lowest BCUT2D eigenvalue weighted by atomic mass is 10.0. The van der Waals surface area contributed by atoms with Crippen molar-refractivity contribution in [2.24, 2.45) is 0 Å². The van der Waals surface area contributed by atoms with E-state index in [0.717, 1.165) is 16.7 Å². The van der Waals surface area contributed by atoms with Crippen LogP contribution in [-0.4, -0.2) is 25.2 Å². The van der Waals surface area contributed by atoms with E-state index in [0.29, 0.717) is 26.1 Å². The summed E-state index contributed by atoms with van der Waals surface area (Å²) in [6, 6.07) is 5.88. The molecule has 0 unspecified atom stereocenters. The molecule has 1 aromatic carbocycles. The summed E-state index contributed by atoms with van der Waals surface area (Å²) in [7, 11) is 0. The predicted molar refractivity (Wildman–Crippen MR) is 76.5 cm³/mol. The Morgan fingerprint density at radius 2 is 1.70 bits per heavy atom. The van der Waals surface area contributed by atoms with Gasteiger partial charge in [0.1, 0.15) is 0 Å². The number of carbonyl (C=O) groups excluding carboxylic acids is 2. The zero-order valence-electron chi connectivity index (χ0n) is 12.4. The Bertz CT molecular complexity index is 466. The van der Waals surface area contributed by atoms with E-state index < -0.39 is 0 Å². The molecule has 0 saturated carbocycles. The van der Waals surface area contributed by atoms with Gasteiger partial charge in [0.2, 0.25) is 0 Å². The number of carbonyl (C=O) groups is 2. The number of ether oxygens (including phenoxy) is 2. The molecule has 0 aromatic heterocycles. The van der Waals surface area contributed by atoms with Crippen LogP contribution in [0.25, 0.3) is 0 Å². The first kappa shape index (κ1) is 16.2. The fourth-order valence-corrected chi connectivity index (χ4v) is 1.96. The second-order valence-corrected chi connectivity index (χ2v) is 4.55. The monoisotopic (exact) mass is 278 g/mol. The minimum Gasteiger partial charge on any atom is -0.466 e. The summed E-state index contributed by atoms with van der Waals surface area (Å²) in [5.41, 5.74) is 3.07. The minimum absolute atomic E-state index is 0.180. The first-order valence-electron chi connectivity index (χ1n) is 6.96. The molecule has 1 aromatic rings. The van der Waals surface area contributed by atoms with Gasteiger partial charge in [0.25, 0.3) is 0 Å². The molecular formula is C16H22O4. The van der Waals surface area contributed by atoms with E-state index in [2.05, 4.69) is 0 Å². The van der Waals surface area contributed by atoms with E-state index in [1.54, 1.807) is 13.8 Å². The van der Waals surface area contributed by atoms with E-state index >= 15 is 0 Å². The maximum atomic E-state index is 11.5. The third kappa shape index (κ3) is 5.43. The molecule has 4 heteroatoms. The Balaban J connectivity index is 2.59. The highest BCUT2D eigenvalue weighted by molar-refractivity contribution is 5.73. The minimum atomic E-state index is -0.213. The van der Waals surface area contributed by atoms with E-state index in [1.165, 1.54) is 0 Å². The Morgan fingerprint density at radius 1 is 1.05 bits per heavy atom. The number of hydrogen-bond acceptors (Lipinski definition) is 4. The number of hydrogen-bond donors (Lipinski definition) is 0. The smallest absolute Gasteiger partial charge is 0.310 e. The summed E-state index contributed by atoms with van der Waals surface area (Å²) < 4.78 is 9.83. The summed E-state index contributed by atoms with van der Waals surface area (Å²) in [5.74, 6) is -0.393. The van der Waals surface area contributed by atoms with Crippen LogP contribution in [0.15, 0.2) is 18.2 Å². The maximum absolute atomic E-state index is 11.5. The van der Waals surface area contributed by atoms with Gasteiger partial charge in [0.05, 0.1) is 19.6 Å². The zero-order valence-corrected chi connectivity index (χ0v) is 12.4. The second kappa shape index (κ2) is 8.35. The van der Waals surface area contributed by atoms with Crippen molar-refractivity contribution in [1.82, 2.24) is 0 Å². The van der Waals surface area contributed by atoms with Gasteiger partial charge in [-0.15, -0.1) is 0 Å². The van der Waals surface area contributed by atoms with Crippen molar-refractivity contribution in [2.75, 3.05) is 13.2 Å². The maximum Gasteiger partial charge on any atom is 0.310 e. The van der Waals surface area contributed by atoms with E-state index in [-0.39, 0.29) is 18.4 Å². The molecule has 0 aliphatic heterocycles. The van der Waals surface area contributed by atoms with Gasteiger partial charge >= 0.3 is 11.9 Å². The van der Waals surface area contributed by atoms with Crippen LogP contribution >= 0.6 is 0 Å². The quantitative estimate of drug-likeness (QED) is 0.719. The number of aryl methyl sites for hydroxylation is 2. The van der Waals surface area contributed by atoms with E-state index in [1.807, 2.05) is 25.1 Å². The molecule has 0 amide bonds. The molecule has 0 aliphatic rings. The second-order valence-electron chi connectivity index (χ2n) is 4.55. The first-order valence-corrected chi connectivity index (χ1v) is 6.96. The van der Waals surface area contributed by atoms with Gasteiger partial charge in [-0.3, -0.25) is 9.59 Å². The molecule has 4 nitrogen and oxygen atoms in total. The third-order valence-electron chi connectivity index (χ3n) is 2.97. The molecule has 1 rings (SSSR count). The van der Waals surface area contributed by atoms with Crippen LogP contribution in [0.3, 0.4) is 0 Å². The molecule has 20 heavy (non-hydrogen) atoms. The average molecular weight is 278 g/mol. The van der Waals surface area contributed by atoms with Crippen LogP contribution in [0.5, 0.6) is 0 Å². The molecule has 0 bridgehead atoms. The number of esters is 2. The van der Waals surface area contributed by atoms with Gasteiger partial charge in [-0.25, -0.2) is 0 Å². The zero-order chi connectivity index (χ0) is 15.0. The molecule has 0 radical (unpaired) electrons. The van der Waals surface area contributed by atoms with Crippen molar-refractivity contribution in [2.45, 2.75) is 40.0 Å². The van der Waals surface area contributed by atoms with Crippen LogP contribution in [0.1, 0.15) is 37.0 Å². The largest absolute Gasteiger partial charge is 0.466 e. The fourth-order valence-electron chi connectivity index (χ4n) is 1.96. The van der Waals surface area contributed by atoms with Crippen LogP contribution in [0, 0.1) is 6.92 Å². The van der Waals surface area contributed by atoms with Gasteiger partial charge in [0.15, 0.2) is 0 Å². The Kier molecular flexibility index (Phi) is 6.77. The van der Waals surface area contributed by atoms with Crippen LogP contribution < -0.4 is 0 Å². The fraction of sp³-hybridized carbons (Fsp3) is 0.500. The van der Waals surface area contributed by atoms with Crippen molar-refractivity contribution < 1.29 is 19.1 Å². The van der Waals surface area contributed by atoms with Gasteiger partial charge in [0, 0.05) is 6.42 Å². The van der Waals surface area contributed by atoms with Crippen LogP contribution in [-0.2, 0) is 31.9 Å². The molecule has 0 atom stereocenters. The molecule has 0 N–H and O–H groups in total. The third-order valence-corrected chi connectivity index (χ3v) is 2.97.